The molecule has 6 heteroatoms. The normalized spacial score (nSPS) is 10.8. The number of fused-ring (bicyclic) bond motifs is 1. The van der Waals surface area contributed by atoms with Crippen molar-refractivity contribution in [2.24, 2.45) is 0 Å². The molecule has 3 heterocycles. The molecule has 0 radical (unpaired) electrons. The van der Waals surface area contributed by atoms with Gasteiger partial charge >= 0.3 is 0 Å². The molecule has 0 atom stereocenters. The van der Waals surface area contributed by atoms with Gasteiger partial charge in [-0.15, -0.1) is 0 Å². The Hall–Kier alpha value is -2.40. The smallest absolute Gasteiger partial charge is 0.230 e. The Morgan fingerprint density at radius 2 is 2.29 bits per heavy atom. The van der Waals surface area contributed by atoms with E-state index in [1.165, 1.54) is 0 Å². The van der Waals surface area contributed by atoms with Gasteiger partial charge in [-0.05, 0) is 36.8 Å². The predicted octanol–water partition coefficient (Wildman–Crippen LogP) is 2.87. The van der Waals surface area contributed by atoms with Crippen molar-refractivity contribution in [3.8, 4) is 0 Å². The van der Waals surface area contributed by atoms with Crippen molar-refractivity contribution in [1.82, 2.24) is 14.4 Å². The minimum Gasteiger partial charge on any atom is -0.323 e. The summed E-state index contributed by atoms with van der Waals surface area (Å²) in [5, 5.41) is 3.01. The second-order valence-corrected chi connectivity index (χ2v) is 5.13. The first-order chi connectivity index (χ1) is 10.1. The molecule has 0 unspecified atom stereocenters. The molecule has 0 bridgehead atoms. The number of halogens is 1. The van der Waals surface area contributed by atoms with Gasteiger partial charge in [0.05, 0.1) is 17.8 Å². The van der Waals surface area contributed by atoms with Crippen molar-refractivity contribution < 1.29 is 4.79 Å². The summed E-state index contributed by atoms with van der Waals surface area (Å²) in [6.45, 7) is 2.01. The number of anilines is 1. The van der Waals surface area contributed by atoms with E-state index in [0.29, 0.717) is 11.4 Å². The van der Waals surface area contributed by atoms with Crippen LogP contribution in [-0.2, 0) is 11.2 Å². The van der Waals surface area contributed by atoms with E-state index in [4.69, 9.17) is 11.6 Å². The fourth-order valence-electron chi connectivity index (χ4n) is 2.06. The maximum Gasteiger partial charge on any atom is 0.230 e. The van der Waals surface area contributed by atoms with Crippen LogP contribution in [0.4, 0.5) is 5.69 Å². The van der Waals surface area contributed by atoms with Gasteiger partial charge in [0.1, 0.15) is 5.65 Å². The monoisotopic (exact) mass is 300 g/mol. The Balaban J connectivity index is 1.75. The molecule has 5 nitrogen and oxygen atoms in total. The van der Waals surface area contributed by atoms with Crippen LogP contribution in [0.3, 0.4) is 0 Å². The zero-order valence-corrected chi connectivity index (χ0v) is 12.1. The number of carbonyl (C=O) groups excluding carboxylic acids is 1. The van der Waals surface area contributed by atoms with Crippen molar-refractivity contribution in [2.75, 3.05) is 5.32 Å². The summed E-state index contributed by atoms with van der Waals surface area (Å²) in [6.07, 6.45) is 5.53. The van der Waals surface area contributed by atoms with Gasteiger partial charge in [0.25, 0.3) is 0 Å². The summed E-state index contributed by atoms with van der Waals surface area (Å²) in [4.78, 5) is 20.4. The van der Waals surface area contributed by atoms with Crippen LogP contribution in [0.25, 0.3) is 5.65 Å². The van der Waals surface area contributed by atoms with Gasteiger partial charge in [0.15, 0.2) is 5.15 Å². The number of hydrogen-bond donors (Lipinski definition) is 1. The molecule has 0 aliphatic rings. The molecule has 0 fully saturated rings. The molecule has 3 rings (SSSR count). The van der Waals surface area contributed by atoms with Crippen LogP contribution in [0.15, 0.2) is 42.9 Å². The number of carbonyl (C=O) groups is 1. The third-order valence-corrected chi connectivity index (χ3v) is 3.34. The van der Waals surface area contributed by atoms with Gasteiger partial charge < -0.3 is 9.72 Å². The second kappa shape index (κ2) is 5.54. The molecular weight excluding hydrogens is 288 g/mol. The van der Waals surface area contributed by atoms with Crippen LogP contribution in [-0.4, -0.2) is 20.3 Å². The Morgan fingerprint density at radius 1 is 1.43 bits per heavy atom. The highest BCUT2D eigenvalue weighted by Crippen LogP contribution is 2.17. The van der Waals surface area contributed by atoms with Gasteiger partial charge in [0, 0.05) is 18.6 Å². The number of nitrogens with one attached hydrogen (secondary N) is 1. The number of aromatic nitrogens is 3. The Kier molecular flexibility index (Phi) is 3.58. The van der Waals surface area contributed by atoms with Crippen molar-refractivity contribution in [3.63, 3.8) is 0 Å². The van der Waals surface area contributed by atoms with Crippen molar-refractivity contribution in [1.29, 1.82) is 0 Å². The van der Waals surface area contributed by atoms with E-state index in [2.05, 4.69) is 15.3 Å². The predicted molar refractivity (Wildman–Crippen MR) is 81.5 cm³/mol. The number of hydrogen-bond acceptors (Lipinski definition) is 3. The van der Waals surface area contributed by atoms with Gasteiger partial charge in [-0.25, -0.2) is 9.97 Å². The maximum absolute atomic E-state index is 12.0. The summed E-state index contributed by atoms with van der Waals surface area (Å²) in [7, 11) is 0. The molecule has 3 aromatic rings. The number of imidazole rings is 1. The zero-order chi connectivity index (χ0) is 14.8. The number of aryl methyl sites for hydroxylation is 1. The second-order valence-electron chi connectivity index (χ2n) is 4.77. The lowest BCUT2D eigenvalue weighted by Gasteiger charge is -2.04. The maximum atomic E-state index is 12.0. The minimum atomic E-state index is -0.176. The molecule has 0 aromatic carbocycles. The van der Waals surface area contributed by atoms with E-state index >= 15 is 0 Å². The highest BCUT2D eigenvalue weighted by Gasteiger charge is 2.10. The van der Waals surface area contributed by atoms with Crippen LogP contribution in [0.2, 0.25) is 5.15 Å². The molecule has 0 saturated heterocycles. The number of rotatable bonds is 3. The van der Waals surface area contributed by atoms with Crippen molar-refractivity contribution in [3.05, 3.63) is 59.3 Å². The summed E-state index contributed by atoms with van der Waals surface area (Å²) in [5.41, 5.74) is 3.17. The molecular formula is C15H13ClN4O. The summed E-state index contributed by atoms with van der Waals surface area (Å²) >= 11 is 5.91. The standard InChI is InChI=1S/C15H13ClN4O/c1-10-4-6-20-9-11(18-13(20)7-10)8-14(21)19-12-3-2-5-17-15(12)16/h2-7,9H,8H2,1H3,(H,19,21). The van der Waals surface area contributed by atoms with E-state index in [9.17, 15) is 4.79 Å². The minimum absolute atomic E-state index is 0.176. The number of pyridine rings is 2. The molecule has 1 N–H and O–H groups in total. The lowest BCUT2D eigenvalue weighted by Crippen LogP contribution is -2.15. The zero-order valence-electron chi connectivity index (χ0n) is 11.4. The molecule has 0 spiro atoms. The van der Waals surface area contributed by atoms with Crippen LogP contribution in [0.1, 0.15) is 11.3 Å². The van der Waals surface area contributed by atoms with Gasteiger partial charge in [-0.2, -0.15) is 0 Å². The lowest BCUT2D eigenvalue weighted by molar-refractivity contribution is -0.115. The van der Waals surface area contributed by atoms with Gasteiger partial charge in [-0.1, -0.05) is 11.6 Å². The topological polar surface area (TPSA) is 59.3 Å². The summed E-state index contributed by atoms with van der Waals surface area (Å²) in [6, 6.07) is 7.39. The SMILES string of the molecule is Cc1ccn2cc(CC(=O)Nc3cccnc3Cl)nc2c1. The molecule has 21 heavy (non-hydrogen) atoms. The summed E-state index contributed by atoms with van der Waals surface area (Å²) < 4.78 is 1.90. The quantitative estimate of drug-likeness (QED) is 0.757. The Labute approximate surface area is 126 Å². The lowest BCUT2D eigenvalue weighted by atomic mass is 10.3. The first-order valence-corrected chi connectivity index (χ1v) is 6.84. The van der Waals surface area contributed by atoms with Crippen molar-refractivity contribution in [2.45, 2.75) is 13.3 Å². The molecule has 106 valence electrons. The van der Waals surface area contributed by atoms with Crippen LogP contribution in [0, 0.1) is 6.92 Å². The number of nitrogens with zero attached hydrogens (tertiary/aromatic N) is 3. The fourth-order valence-corrected chi connectivity index (χ4v) is 2.23. The highest BCUT2D eigenvalue weighted by atomic mass is 35.5. The third-order valence-electron chi connectivity index (χ3n) is 3.04. The average Bonchev–Trinajstić information content (AvgIpc) is 2.82. The molecule has 0 saturated carbocycles. The largest absolute Gasteiger partial charge is 0.323 e. The average molecular weight is 301 g/mol. The molecule has 0 aliphatic carbocycles. The Bertz CT molecular complexity index is 812. The fraction of sp³-hybridized carbons (Fsp3) is 0.133. The summed E-state index contributed by atoms with van der Waals surface area (Å²) in [5.74, 6) is -0.176. The van der Waals surface area contributed by atoms with Crippen molar-refractivity contribution >= 4 is 28.8 Å². The van der Waals surface area contributed by atoms with E-state index in [1.54, 1.807) is 18.3 Å². The van der Waals surface area contributed by atoms with Gasteiger partial charge in [-0.3, -0.25) is 4.79 Å². The highest BCUT2D eigenvalue weighted by molar-refractivity contribution is 6.32. The molecule has 0 aliphatic heterocycles. The first kappa shape index (κ1) is 13.6. The van der Waals surface area contributed by atoms with E-state index < -0.39 is 0 Å². The Morgan fingerprint density at radius 3 is 3.10 bits per heavy atom. The number of amides is 1. The molecule has 1 amide bonds. The first-order valence-electron chi connectivity index (χ1n) is 6.46. The van der Waals surface area contributed by atoms with Crippen LogP contribution >= 0.6 is 11.6 Å². The van der Waals surface area contributed by atoms with Crippen LogP contribution < -0.4 is 5.32 Å². The van der Waals surface area contributed by atoms with E-state index in [1.807, 2.05) is 35.9 Å². The van der Waals surface area contributed by atoms with E-state index in [0.717, 1.165) is 11.2 Å². The third kappa shape index (κ3) is 3.03. The van der Waals surface area contributed by atoms with E-state index in [-0.39, 0.29) is 17.5 Å². The van der Waals surface area contributed by atoms with Crippen LogP contribution in [0.5, 0.6) is 0 Å². The van der Waals surface area contributed by atoms with Gasteiger partial charge in [0.2, 0.25) is 5.91 Å². The molecule has 3 aromatic heterocycles.